The second kappa shape index (κ2) is 15.2. The molecule has 0 atom stereocenters. The molecule has 4 rings (SSSR count). The van der Waals surface area contributed by atoms with Crippen LogP contribution < -0.4 is 4.74 Å². The maximum atomic E-state index is 15.0. The summed E-state index contributed by atoms with van der Waals surface area (Å²) in [5, 5.41) is 0. The lowest BCUT2D eigenvalue weighted by molar-refractivity contribution is 0.286. The Morgan fingerprint density at radius 1 is 0.707 bits per heavy atom. The number of allylic oxidation sites excluding steroid dienone is 2. The summed E-state index contributed by atoms with van der Waals surface area (Å²) in [5.74, 6) is -3.71. The fourth-order valence-electron chi connectivity index (χ4n) is 5.79. The van der Waals surface area contributed by atoms with Crippen LogP contribution in [0.2, 0.25) is 0 Å². The van der Waals surface area contributed by atoms with Crippen molar-refractivity contribution in [3.8, 4) is 16.9 Å². The number of rotatable bonds is 13. The smallest absolute Gasteiger partial charge is 0.201 e. The van der Waals surface area contributed by atoms with E-state index in [1.165, 1.54) is 35.4 Å². The van der Waals surface area contributed by atoms with Crippen LogP contribution in [0.1, 0.15) is 94.2 Å². The van der Waals surface area contributed by atoms with Crippen LogP contribution in [0.4, 0.5) is 17.6 Å². The molecule has 0 heterocycles. The molecule has 1 saturated carbocycles. The molecule has 0 N–H and O–H groups in total. The van der Waals surface area contributed by atoms with Crippen molar-refractivity contribution in [1.82, 2.24) is 0 Å². The highest BCUT2D eigenvalue weighted by molar-refractivity contribution is 5.66. The summed E-state index contributed by atoms with van der Waals surface area (Å²) in [7, 11) is 0. The van der Waals surface area contributed by atoms with Gasteiger partial charge in [0.15, 0.2) is 23.2 Å². The summed E-state index contributed by atoms with van der Waals surface area (Å²) in [6, 6.07) is 14.4. The number of hydrogen-bond acceptors (Lipinski definition) is 1. The first-order valence-corrected chi connectivity index (χ1v) is 15.3. The molecule has 3 aromatic carbocycles. The summed E-state index contributed by atoms with van der Waals surface area (Å²) < 4.78 is 64.5. The third-order valence-electron chi connectivity index (χ3n) is 8.26. The normalized spacial score (nSPS) is 17.3. The fraction of sp³-hybridized carbons (Fsp3) is 0.444. The molecule has 0 bridgehead atoms. The van der Waals surface area contributed by atoms with Crippen molar-refractivity contribution in [2.75, 3.05) is 6.61 Å². The summed E-state index contributed by atoms with van der Waals surface area (Å²) in [6.45, 7) is 4.50. The molecule has 41 heavy (non-hydrogen) atoms. The van der Waals surface area contributed by atoms with E-state index in [1.807, 2.05) is 6.92 Å². The molecule has 3 aromatic rings. The van der Waals surface area contributed by atoms with Crippen LogP contribution in [0.25, 0.3) is 11.1 Å². The van der Waals surface area contributed by atoms with Crippen LogP contribution in [0.5, 0.6) is 5.75 Å². The summed E-state index contributed by atoms with van der Waals surface area (Å²) in [4.78, 5) is 0. The average molecular weight is 567 g/mol. The fourth-order valence-corrected chi connectivity index (χ4v) is 5.79. The van der Waals surface area contributed by atoms with E-state index < -0.39 is 23.3 Å². The van der Waals surface area contributed by atoms with Crippen LogP contribution >= 0.6 is 0 Å². The summed E-state index contributed by atoms with van der Waals surface area (Å²) in [6.07, 6.45) is 14.7. The first-order valence-electron chi connectivity index (χ1n) is 15.3. The lowest BCUT2D eigenvalue weighted by Gasteiger charge is -2.27. The molecule has 0 amide bonds. The van der Waals surface area contributed by atoms with Gasteiger partial charge in [-0.05, 0) is 92.0 Å². The Hall–Kier alpha value is -3.08. The van der Waals surface area contributed by atoms with Gasteiger partial charge < -0.3 is 4.74 Å². The largest absolute Gasteiger partial charge is 0.490 e. The number of halogens is 4. The second-order valence-corrected chi connectivity index (χ2v) is 11.3. The average Bonchev–Trinajstić information content (AvgIpc) is 2.99. The molecule has 220 valence electrons. The minimum atomic E-state index is -1.24. The number of aryl methyl sites for hydroxylation is 2. The minimum Gasteiger partial charge on any atom is -0.490 e. The molecule has 1 aliphatic carbocycles. The third-order valence-corrected chi connectivity index (χ3v) is 8.26. The van der Waals surface area contributed by atoms with Gasteiger partial charge in [0.05, 0.1) is 6.61 Å². The highest BCUT2D eigenvalue weighted by atomic mass is 19.2. The van der Waals surface area contributed by atoms with E-state index in [4.69, 9.17) is 4.74 Å². The van der Waals surface area contributed by atoms with E-state index in [9.17, 15) is 17.6 Å². The van der Waals surface area contributed by atoms with Gasteiger partial charge in [-0.15, -0.1) is 0 Å². The monoisotopic (exact) mass is 566 g/mol. The van der Waals surface area contributed by atoms with Crippen molar-refractivity contribution < 1.29 is 22.3 Å². The first-order chi connectivity index (χ1) is 19.9. The standard InChI is InChI=1S/C36H42F4O/c1-3-5-8-24-41-32-23-22-31(35(39)36(32)40)30-21-20-29(33(37)34(30)38)11-7-6-10-26-14-18-28(19-15-26)27-16-12-25(9-4-2)13-17-27/h6,10,12-13,16-17,20-23,26,28H,3-5,7-9,11,14-15,18-19,24H2,1-2H3. The molecule has 0 radical (unpaired) electrons. The Bertz CT molecular complexity index is 1290. The van der Waals surface area contributed by atoms with Gasteiger partial charge in [0.25, 0.3) is 0 Å². The van der Waals surface area contributed by atoms with E-state index in [0.29, 0.717) is 24.7 Å². The van der Waals surface area contributed by atoms with Crippen LogP contribution in [0.3, 0.4) is 0 Å². The molecule has 5 heteroatoms. The summed E-state index contributed by atoms with van der Waals surface area (Å²) in [5.41, 5.74) is 2.44. The van der Waals surface area contributed by atoms with Gasteiger partial charge in [0, 0.05) is 11.1 Å². The first kappa shape index (κ1) is 30.9. The highest BCUT2D eigenvalue weighted by Gasteiger charge is 2.22. The minimum absolute atomic E-state index is 0.221. The van der Waals surface area contributed by atoms with E-state index in [-0.39, 0.29) is 29.0 Å². The third kappa shape index (κ3) is 8.02. The zero-order valence-electron chi connectivity index (χ0n) is 24.3. The Balaban J connectivity index is 1.30. The Labute approximate surface area is 242 Å². The van der Waals surface area contributed by atoms with Crippen LogP contribution in [0, 0.1) is 29.2 Å². The Morgan fingerprint density at radius 3 is 2.07 bits per heavy atom. The van der Waals surface area contributed by atoms with Gasteiger partial charge in [-0.1, -0.05) is 81.7 Å². The molecule has 0 aromatic heterocycles. The van der Waals surface area contributed by atoms with Crippen molar-refractivity contribution in [3.63, 3.8) is 0 Å². The molecular formula is C36H42F4O. The molecule has 1 fully saturated rings. The molecule has 0 aliphatic heterocycles. The van der Waals surface area contributed by atoms with Gasteiger partial charge in [-0.25, -0.2) is 13.2 Å². The number of benzene rings is 3. The van der Waals surface area contributed by atoms with Gasteiger partial charge >= 0.3 is 0 Å². The van der Waals surface area contributed by atoms with Crippen molar-refractivity contribution >= 4 is 0 Å². The van der Waals surface area contributed by atoms with E-state index in [0.717, 1.165) is 57.8 Å². The molecule has 0 unspecified atom stereocenters. The summed E-state index contributed by atoms with van der Waals surface area (Å²) >= 11 is 0. The molecule has 1 aliphatic rings. The number of hydrogen-bond donors (Lipinski definition) is 0. The zero-order chi connectivity index (χ0) is 29.2. The van der Waals surface area contributed by atoms with Gasteiger partial charge in [-0.3, -0.25) is 0 Å². The van der Waals surface area contributed by atoms with E-state index in [2.05, 4.69) is 43.3 Å². The molecule has 0 saturated heterocycles. The topological polar surface area (TPSA) is 9.23 Å². The number of unbranched alkanes of at least 4 members (excludes halogenated alkanes) is 2. The van der Waals surface area contributed by atoms with Crippen molar-refractivity contribution in [3.05, 3.63) is 101 Å². The van der Waals surface area contributed by atoms with Crippen molar-refractivity contribution in [2.45, 2.75) is 90.4 Å². The molecule has 1 nitrogen and oxygen atoms in total. The lowest BCUT2D eigenvalue weighted by atomic mass is 9.78. The number of ether oxygens (including phenoxy) is 1. The molecule has 0 spiro atoms. The Morgan fingerprint density at radius 2 is 1.39 bits per heavy atom. The van der Waals surface area contributed by atoms with Crippen molar-refractivity contribution in [1.29, 1.82) is 0 Å². The lowest BCUT2D eigenvalue weighted by Crippen LogP contribution is -2.11. The van der Waals surface area contributed by atoms with E-state index >= 15 is 0 Å². The van der Waals surface area contributed by atoms with Crippen LogP contribution in [-0.4, -0.2) is 6.61 Å². The second-order valence-electron chi connectivity index (χ2n) is 11.3. The molecular weight excluding hydrogens is 524 g/mol. The van der Waals surface area contributed by atoms with Gasteiger partial charge in [0.2, 0.25) is 5.82 Å². The zero-order valence-corrected chi connectivity index (χ0v) is 24.3. The van der Waals surface area contributed by atoms with Crippen LogP contribution in [-0.2, 0) is 12.8 Å². The SMILES string of the molecule is CCCCCOc1ccc(-c2ccc(CCC=CC3CCC(c4ccc(CCC)cc4)CC3)c(F)c2F)c(F)c1F. The van der Waals surface area contributed by atoms with Gasteiger partial charge in [0.1, 0.15) is 0 Å². The quantitative estimate of drug-likeness (QED) is 0.114. The van der Waals surface area contributed by atoms with Gasteiger partial charge in [-0.2, -0.15) is 4.39 Å². The maximum Gasteiger partial charge on any atom is 0.201 e. The Kier molecular flexibility index (Phi) is 11.5. The van der Waals surface area contributed by atoms with Crippen LogP contribution in [0.15, 0.2) is 60.7 Å². The predicted octanol–water partition coefficient (Wildman–Crippen LogP) is 10.9. The highest BCUT2D eigenvalue weighted by Crippen LogP contribution is 2.37. The van der Waals surface area contributed by atoms with E-state index in [1.54, 1.807) is 0 Å². The maximum absolute atomic E-state index is 15.0. The predicted molar refractivity (Wildman–Crippen MR) is 159 cm³/mol. The van der Waals surface area contributed by atoms with Crippen molar-refractivity contribution in [2.24, 2.45) is 5.92 Å².